The number of carbonyl (C=O) groups is 1. The van der Waals surface area contributed by atoms with Gasteiger partial charge in [0, 0.05) is 23.2 Å². The Morgan fingerprint density at radius 2 is 1.68 bits per heavy atom. The number of hydrogen-bond acceptors (Lipinski definition) is 4. The van der Waals surface area contributed by atoms with Gasteiger partial charge in [0.15, 0.2) is 5.13 Å². The second-order valence-corrected chi connectivity index (χ2v) is 7.13. The van der Waals surface area contributed by atoms with Crippen LogP contribution < -0.4 is 5.32 Å². The summed E-state index contributed by atoms with van der Waals surface area (Å²) in [7, 11) is 0. The number of nitrogens with zero attached hydrogens (tertiary/aromatic N) is 3. The first kappa shape index (κ1) is 18.0. The van der Waals surface area contributed by atoms with Crippen LogP contribution in [0.4, 0.5) is 13.9 Å². The van der Waals surface area contributed by atoms with Gasteiger partial charge < -0.3 is 0 Å². The minimum atomic E-state index is -0.371. The van der Waals surface area contributed by atoms with E-state index >= 15 is 0 Å². The lowest BCUT2D eigenvalue weighted by molar-refractivity contribution is 0.102. The van der Waals surface area contributed by atoms with Crippen LogP contribution >= 0.6 is 11.3 Å². The van der Waals surface area contributed by atoms with Crippen molar-refractivity contribution in [2.45, 2.75) is 6.42 Å². The van der Waals surface area contributed by atoms with Crippen molar-refractivity contribution >= 4 is 22.4 Å². The van der Waals surface area contributed by atoms with Crippen molar-refractivity contribution in [3.8, 4) is 5.69 Å². The summed E-state index contributed by atoms with van der Waals surface area (Å²) >= 11 is 1.35. The minimum Gasteiger partial charge on any atom is -0.296 e. The van der Waals surface area contributed by atoms with Crippen LogP contribution in [0.3, 0.4) is 0 Å². The van der Waals surface area contributed by atoms with E-state index in [0.717, 1.165) is 10.4 Å². The highest BCUT2D eigenvalue weighted by Crippen LogP contribution is 2.22. The van der Waals surface area contributed by atoms with Gasteiger partial charge in [-0.25, -0.2) is 18.7 Å². The number of aromatic nitrogens is 3. The maximum absolute atomic E-state index is 13.1. The molecule has 0 spiro atoms. The van der Waals surface area contributed by atoms with Crippen molar-refractivity contribution in [2.75, 3.05) is 5.32 Å². The molecule has 0 bridgehead atoms. The summed E-state index contributed by atoms with van der Waals surface area (Å²) < 4.78 is 27.7. The topological polar surface area (TPSA) is 59.8 Å². The molecule has 4 aromatic rings. The summed E-state index contributed by atoms with van der Waals surface area (Å²) in [6.45, 7) is 0. The Balaban J connectivity index is 1.48. The first-order valence-electron chi connectivity index (χ1n) is 8.37. The Hall–Kier alpha value is -3.39. The molecule has 0 radical (unpaired) electrons. The Kier molecular flexibility index (Phi) is 4.94. The summed E-state index contributed by atoms with van der Waals surface area (Å²) in [5, 5.41) is 3.21. The number of rotatable bonds is 5. The van der Waals surface area contributed by atoms with Gasteiger partial charge >= 0.3 is 0 Å². The number of nitrogens with one attached hydrogen (secondary N) is 1. The maximum Gasteiger partial charge on any atom is 0.276 e. The van der Waals surface area contributed by atoms with Gasteiger partial charge in [0.25, 0.3) is 5.91 Å². The fourth-order valence-corrected chi connectivity index (χ4v) is 3.52. The van der Waals surface area contributed by atoms with Gasteiger partial charge in [0.1, 0.15) is 17.3 Å². The number of anilines is 1. The third-order valence-corrected chi connectivity index (χ3v) is 4.95. The van der Waals surface area contributed by atoms with Crippen molar-refractivity contribution < 1.29 is 13.6 Å². The molecule has 0 fully saturated rings. The Morgan fingerprint density at radius 3 is 2.39 bits per heavy atom. The van der Waals surface area contributed by atoms with Gasteiger partial charge in [-0.05, 0) is 42.0 Å². The number of carbonyl (C=O) groups excluding carboxylic acids is 1. The van der Waals surface area contributed by atoms with Gasteiger partial charge in [-0.3, -0.25) is 14.7 Å². The van der Waals surface area contributed by atoms with Crippen LogP contribution in [0.25, 0.3) is 5.69 Å². The standard InChI is InChI=1S/C20H14F2N4OS/c21-14-3-1-13(2-4-14)9-17-10-24-20(28-17)25-19(27)18-11-23-12-26(18)16-7-5-15(22)6-8-16/h1-8,10-12H,9H2,(H,24,25,27). The molecular weight excluding hydrogens is 382 g/mol. The highest BCUT2D eigenvalue weighted by molar-refractivity contribution is 7.15. The van der Waals surface area contributed by atoms with Crippen molar-refractivity contribution in [2.24, 2.45) is 0 Å². The van der Waals surface area contributed by atoms with Crippen molar-refractivity contribution in [3.05, 3.63) is 95.0 Å². The van der Waals surface area contributed by atoms with E-state index in [-0.39, 0.29) is 17.5 Å². The zero-order valence-corrected chi connectivity index (χ0v) is 15.3. The normalized spacial score (nSPS) is 10.8. The number of thiazole rings is 1. The predicted molar refractivity (Wildman–Crippen MR) is 103 cm³/mol. The number of hydrogen-bond donors (Lipinski definition) is 1. The Morgan fingerprint density at radius 1 is 1.00 bits per heavy atom. The fraction of sp³-hybridized carbons (Fsp3) is 0.0500. The molecule has 2 heterocycles. The molecule has 0 saturated heterocycles. The van der Waals surface area contributed by atoms with Gasteiger partial charge in [0.2, 0.25) is 0 Å². The van der Waals surface area contributed by atoms with E-state index in [4.69, 9.17) is 0 Å². The van der Waals surface area contributed by atoms with Gasteiger partial charge in [0.05, 0.1) is 12.5 Å². The number of amides is 1. The Labute approximate surface area is 163 Å². The van der Waals surface area contributed by atoms with E-state index < -0.39 is 0 Å². The predicted octanol–water partition coefficient (Wildman–Crippen LogP) is 4.45. The molecule has 0 saturated carbocycles. The lowest BCUT2D eigenvalue weighted by Gasteiger charge is -2.07. The summed E-state index contributed by atoms with van der Waals surface area (Å²) in [4.78, 5) is 21.8. The molecule has 8 heteroatoms. The molecular formula is C20H14F2N4OS. The number of halogens is 2. The Bertz CT molecular complexity index is 1100. The smallest absolute Gasteiger partial charge is 0.276 e. The molecule has 0 aliphatic rings. The van der Waals surface area contributed by atoms with Crippen LogP contribution in [0.15, 0.2) is 67.3 Å². The third-order valence-electron chi connectivity index (χ3n) is 4.04. The molecule has 2 aromatic carbocycles. The third kappa shape index (κ3) is 3.96. The summed E-state index contributed by atoms with van der Waals surface area (Å²) in [6.07, 6.45) is 5.21. The van der Waals surface area contributed by atoms with E-state index in [9.17, 15) is 13.6 Å². The molecule has 4 rings (SSSR count). The molecule has 0 aliphatic heterocycles. The molecule has 2 aromatic heterocycles. The maximum atomic E-state index is 13.1. The SMILES string of the molecule is O=C(Nc1ncc(Cc2ccc(F)cc2)s1)c1cncn1-c1ccc(F)cc1. The minimum absolute atomic E-state index is 0.279. The summed E-state index contributed by atoms with van der Waals surface area (Å²) in [6, 6.07) is 12.0. The molecule has 5 nitrogen and oxygen atoms in total. The quantitative estimate of drug-likeness (QED) is 0.542. The van der Waals surface area contributed by atoms with E-state index in [2.05, 4.69) is 15.3 Å². The van der Waals surface area contributed by atoms with Gasteiger partial charge in [-0.2, -0.15) is 0 Å². The highest BCUT2D eigenvalue weighted by Gasteiger charge is 2.15. The van der Waals surface area contributed by atoms with Crippen molar-refractivity contribution in [1.82, 2.24) is 14.5 Å². The summed E-state index contributed by atoms with van der Waals surface area (Å²) in [5.41, 5.74) is 1.89. The van der Waals surface area contributed by atoms with E-state index in [0.29, 0.717) is 22.9 Å². The first-order chi connectivity index (χ1) is 13.6. The van der Waals surface area contributed by atoms with Crippen LogP contribution in [-0.2, 0) is 6.42 Å². The van der Waals surface area contributed by atoms with E-state index in [1.807, 2.05) is 0 Å². The first-order valence-corrected chi connectivity index (χ1v) is 9.19. The molecule has 0 unspecified atom stereocenters. The second-order valence-electron chi connectivity index (χ2n) is 6.01. The van der Waals surface area contributed by atoms with Gasteiger partial charge in [-0.15, -0.1) is 11.3 Å². The van der Waals surface area contributed by atoms with E-state index in [1.165, 1.54) is 48.1 Å². The van der Waals surface area contributed by atoms with Crippen LogP contribution in [-0.4, -0.2) is 20.4 Å². The molecule has 1 N–H and O–H groups in total. The fourth-order valence-electron chi connectivity index (χ4n) is 2.68. The number of imidazole rings is 1. The molecule has 28 heavy (non-hydrogen) atoms. The highest BCUT2D eigenvalue weighted by atomic mass is 32.1. The monoisotopic (exact) mass is 396 g/mol. The largest absolute Gasteiger partial charge is 0.296 e. The lowest BCUT2D eigenvalue weighted by Crippen LogP contribution is -2.15. The molecule has 1 amide bonds. The van der Waals surface area contributed by atoms with Crippen molar-refractivity contribution in [1.29, 1.82) is 0 Å². The summed E-state index contributed by atoms with van der Waals surface area (Å²) in [5.74, 6) is -1.00. The van der Waals surface area contributed by atoms with Crippen LogP contribution in [0.1, 0.15) is 20.9 Å². The average Bonchev–Trinajstić information content (AvgIpc) is 3.34. The van der Waals surface area contributed by atoms with Crippen LogP contribution in [0.5, 0.6) is 0 Å². The molecule has 0 atom stereocenters. The zero-order chi connectivity index (χ0) is 19.5. The van der Waals surface area contributed by atoms with E-state index in [1.54, 1.807) is 35.0 Å². The van der Waals surface area contributed by atoms with Crippen LogP contribution in [0.2, 0.25) is 0 Å². The van der Waals surface area contributed by atoms with Crippen LogP contribution in [0, 0.1) is 11.6 Å². The van der Waals surface area contributed by atoms with Gasteiger partial charge in [-0.1, -0.05) is 12.1 Å². The van der Waals surface area contributed by atoms with Crippen molar-refractivity contribution in [3.63, 3.8) is 0 Å². The molecule has 140 valence electrons. The lowest BCUT2D eigenvalue weighted by atomic mass is 10.1. The zero-order valence-electron chi connectivity index (χ0n) is 14.5. The second kappa shape index (κ2) is 7.69. The number of benzene rings is 2. The molecule has 0 aliphatic carbocycles. The average molecular weight is 396 g/mol.